The Bertz CT molecular complexity index is 377. The van der Waals surface area contributed by atoms with E-state index in [4.69, 9.17) is 9.84 Å². The molecule has 0 aliphatic carbocycles. The summed E-state index contributed by atoms with van der Waals surface area (Å²) in [5.41, 5.74) is 2.42. The Labute approximate surface area is 123 Å². The summed E-state index contributed by atoms with van der Waals surface area (Å²) >= 11 is 0. The maximum absolute atomic E-state index is 8.76. The van der Waals surface area contributed by atoms with E-state index in [1.807, 2.05) is 0 Å². The second-order valence-corrected chi connectivity index (χ2v) is 5.72. The highest BCUT2D eigenvalue weighted by atomic mass is 16.5. The van der Waals surface area contributed by atoms with Gasteiger partial charge in [0, 0.05) is 18.7 Å². The predicted molar refractivity (Wildman–Crippen MR) is 84.2 cm³/mol. The standard InChI is InChI=1S/C17H29NO2/c1-14(2)12-18-13-16-9-7-8-15(3)17(16)20-11-6-4-5-10-19/h7-9,14,18-19H,4-6,10-13H2,1-3H3. The van der Waals surface area contributed by atoms with Crippen LogP contribution in [0.3, 0.4) is 0 Å². The zero-order valence-corrected chi connectivity index (χ0v) is 13.1. The lowest BCUT2D eigenvalue weighted by Gasteiger charge is -2.15. The summed E-state index contributed by atoms with van der Waals surface area (Å²) in [7, 11) is 0. The minimum Gasteiger partial charge on any atom is -0.493 e. The average molecular weight is 279 g/mol. The van der Waals surface area contributed by atoms with Gasteiger partial charge < -0.3 is 15.2 Å². The van der Waals surface area contributed by atoms with E-state index >= 15 is 0 Å². The lowest BCUT2D eigenvalue weighted by Crippen LogP contribution is -2.19. The van der Waals surface area contributed by atoms with E-state index in [-0.39, 0.29) is 6.61 Å². The number of para-hydroxylation sites is 1. The molecule has 0 fully saturated rings. The number of unbranched alkanes of at least 4 members (excludes halogenated alkanes) is 2. The Morgan fingerprint density at radius 2 is 2.00 bits per heavy atom. The molecule has 2 N–H and O–H groups in total. The second-order valence-electron chi connectivity index (χ2n) is 5.72. The Hall–Kier alpha value is -1.06. The van der Waals surface area contributed by atoms with Crippen LogP contribution >= 0.6 is 0 Å². The first-order chi connectivity index (χ1) is 9.65. The molecule has 0 spiro atoms. The van der Waals surface area contributed by atoms with Crippen LogP contribution in [0.2, 0.25) is 0 Å². The Morgan fingerprint density at radius 3 is 2.70 bits per heavy atom. The monoisotopic (exact) mass is 279 g/mol. The van der Waals surface area contributed by atoms with Crippen molar-refractivity contribution in [2.75, 3.05) is 19.8 Å². The van der Waals surface area contributed by atoms with Gasteiger partial charge in [0.1, 0.15) is 5.75 Å². The molecule has 0 bridgehead atoms. The number of aliphatic hydroxyl groups is 1. The largest absolute Gasteiger partial charge is 0.493 e. The van der Waals surface area contributed by atoms with Gasteiger partial charge in [-0.15, -0.1) is 0 Å². The van der Waals surface area contributed by atoms with Crippen LogP contribution in [0.4, 0.5) is 0 Å². The van der Waals surface area contributed by atoms with Crippen molar-refractivity contribution >= 4 is 0 Å². The first kappa shape index (κ1) is 17.0. The van der Waals surface area contributed by atoms with Crippen LogP contribution in [0.1, 0.15) is 44.2 Å². The Balaban J connectivity index is 2.49. The first-order valence-electron chi connectivity index (χ1n) is 7.68. The van der Waals surface area contributed by atoms with E-state index in [9.17, 15) is 0 Å². The normalized spacial score (nSPS) is 11.1. The SMILES string of the molecule is Cc1cccc(CNCC(C)C)c1OCCCCCO. The molecule has 0 atom stereocenters. The fourth-order valence-corrected chi connectivity index (χ4v) is 2.12. The molecule has 114 valence electrons. The van der Waals surface area contributed by atoms with Gasteiger partial charge in [-0.2, -0.15) is 0 Å². The van der Waals surface area contributed by atoms with Crippen molar-refractivity contribution in [3.8, 4) is 5.75 Å². The minimum atomic E-state index is 0.273. The smallest absolute Gasteiger partial charge is 0.126 e. The van der Waals surface area contributed by atoms with E-state index in [2.05, 4.69) is 44.3 Å². The first-order valence-corrected chi connectivity index (χ1v) is 7.68. The van der Waals surface area contributed by atoms with Gasteiger partial charge in [-0.3, -0.25) is 0 Å². The maximum Gasteiger partial charge on any atom is 0.126 e. The fourth-order valence-electron chi connectivity index (χ4n) is 2.12. The Morgan fingerprint density at radius 1 is 1.20 bits per heavy atom. The number of hydrogen-bond donors (Lipinski definition) is 2. The van der Waals surface area contributed by atoms with E-state index in [0.29, 0.717) is 5.92 Å². The molecule has 0 radical (unpaired) electrons. The third kappa shape index (κ3) is 6.40. The van der Waals surface area contributed by atoms with Crippen LogP contribution < -0.4 is 10.1 Å². The van der Waals surface area contributed by atoms with Gasteiger partial charge in [0.2, 0.25) is 0 Å². The molecule has 3 nitrogen and oxygen atoms in total. The van der Waals surface area contributed by atoms with Crippen LogP contribution in [-0.4, -0.2) is 24.9 Å². The summed E-state index contributed by atoms with van der Waals surface area (Å²) in [6.45, 7) is 9.38. The van der Waals surface area contributed by atoms with E-state index < -0.39 is 0 Å². The third-order valence-electron chi connectivity index (χ3n) is 3.21. The molecule has 1 aromatic carbocycles. The quantitative estimate of drug-likeness (QED) is 0.646. The number of benzene rings is 1. The van der Waals surface area contributed by atoms with Crippen molar-refractivity contribution < 1.29 is 9.84 Å². The summed E-state index contributed by atoms with van der Waals surface area (Å²) in [6, 6.07) is 6.30. The van der Waals surface area contributed by atoms with Crippen LogP contribution in [0.5, 0.6) is 5.75 Å². The summed E-state index contributed by atoms with van der Waals surface area (Å²) in [5, 5.41) is 12.2. The summed E-state index contributed by atoms with van der Waals surface area (Å²) in [5.74, 6) is 1.68. The lowest BCUT2D eigenvalue weighted by molar-refractivity contribution is 0.264. The van der Waals surface area contributed by atoms with Crippen molar-refractivity contribution in [2.45, 2.75) is 46.6 Å². The summed E-state index contributed by atoms with van der Waals surface area (Å²) in [4.78, 5) is 0. The van der Waals surface area contributed by atoms with Gasteiger partial charge in [-0.25, -0.2) is 0 Å². The average Bonchev–Trinajstić information content (AvgIpc) is 2.40. The van der Waals surface area contributed by atoms with Gasteiger partial charge in [0.25, 0.3) is 0 Å². The number of rotatable bonds is 10. The highest BCUT2D eigenvalue weighted by Crippen LogP contribution is 2.23. The highest BCUT2D eigenvalue weighted by Gasteiger charge is 2.07. The number of aliphatic hydroxyl groups excluding tert-OH is 1. The molecule has 0 saturated heterocycles. The number of hydrogen-bond acceptors (Lipinski definition) is 3. The number of ether oxygens (including phenoxy) is 1. The third-order valence-corrected chi connectivity index (χ3v) is 3.21. The van der Waals surface area contributed by atoms with Crippen LogP contribution in [-0.2, 0) is 6.54 Å². The lowest BCUT2D eigenvalue weighted by atomic mass is 10.1. The molecule has 3 heteroatoms. The fraction of sp³-hybridized carbons (Fsp3) is 0.647. The summed E-state index contributed by atoms with van der Waals surface area (Å²) < 4.78 is 5.95. The summed E-state index contributed by atoms with van der Waals surface area (Å²) in [6.07, 6.45) is 2.87. The Kier molecular flexibility index (Phi) is 8.31. The van der Waals surface area contributed by atoms with Gasteiger partial charge in [0.05, 0.1) is 6.61 Å². The molecule has 0 unspecified atom stereocenters. The van der Waals surface area contributed by atoms with Gasteiger partial charge in [-0.05, 0) is 44.2 Å². The minimum absolute atomic E-state index is 0.273. The van der Waals surface area contributed by atoms with E-state index in [1.165, 1.54) is 11.1 Å². The molecule has 0 saturated carbocycles. The van der Waals surface area contributed by atoms with Crippen molar-refractivity contribution in [3.63, 3.8) is 0 Å². The second kappa shape index (κ2) is 9.78. The molecule has 0 aliphatic rings. The molecular weight excluding hydrogens is 250 g/mol. The van der Waals surface area contributed by atoms with Crippen molar-refractivity contribution in [3.05, 3.63) is 29.3 Å². The van der Waals surface area contributed by atoms with Gasteiger partial charge in [0.15, 0.2) is 0 Å². The van der Waals surface area contributed by atoms with Crippen molar-refractivity contribution in [1.29, 1.82) is 0 Å². The van der Waals surface area contributed by atoms with E-state index in [0.717, 1.165) is 44.7 Å². The molecule has 0 amide bonds. The zero-order chi connectivity index (χ0) is 14.8. The topological polar surface area (TPSA) is 41.5 Å². The van der Waals surface area contributed by atoms with E-state index in [1.54, 1.807) is 0 Å². The van der Waals surface area contributed by atoms with Crippen molar-refractivity contribution in [1.82, 2.24) is 5.32 Å². The molecule has 0 aliphatic heterocycles. The number of aryl methyl sites for hydroxylation is 1. The van der Waals surface area contributed by atoms with Crippen LogP contribution in [0, 0.1) is 12.8 Å². The molecular formula is C17H29NO2. The van der Waals surface area contributed by atoms with Crippen LogP contribution in [0.25, 0.3) is 0 Å². The highest BCUT2D eigenvalue weighted by molar-refractivity contribution is 5.40. The van der Waals surface area contributed by atoms with Gasteiger partial charge >= 0.3 is 0 Å². The molecule has 1 aromatic rings. The zero-order valence-electron chi connectivity index (χ0n) is 13.1. The van der Waals surface area contributed by atoms with Crippen LogP contribution in [0.15, 0.2) is 18.2 Å². The number of nitrogens with one attached hydrogen (secondary N) is 1. The molecule has 20 heavy (non-hydrogen) atoms. The molecule has 0 heterocycles. The maximum atomic E-state index is 8.76. The molecule has 0 aromatic heterocycles. The molecule has 1 rings (SSSR count). The predicted octanol–water partition coefficient (Wildman–Crippen LogP) is 3.28. The van der Waals surface area contributed by atoms with Gasteiger partial charge in [-0.1, -0.05) is 32.0 Å². The van der Waals surface area contributed by atoms with Crippen molar-refractivity contribution in [2.24, 2.45) is 5.92 Å².